The number of hydrogen-bond acceptors (Lipinski definition) is 7. The van der Waals surface area contributed by atoms with Crippen LogP contribution < -0.4 is 14.2 Å². The maximum absolute atomic E-state index is 13.5. The lowest BCUT2D eigenvalue weighted by molar-refractivity contribution is -0.140. The van der Waals surface area contributed by atoms with E-state index in [0.717, 1.165) is 38.8 Å². The van der Waals surface area contributed by atoms with E-state index in [4.69, 9.17) is 14.2 Å². The molecule has 8 nitrogen and oxygen atoms in total. The van der Waals surface area contributed by atoms with Gasteiger partial charge >= 0.3 is 0 Å². The number of Topliss-reactive ketones (excluding diaryl/α,β-unsaturated/α-hetero) is 1. The number of nitrogens with zero attached hydrogens (tertiary/aromatic N) is 2. The highest BCUT2D eigenvalue weighted by molar-refractivity contribution is 6.46. The summed E-state index contributed by atoms with van der Waals surface area (Å²) in [5.41, 5.74) is 1.13. The Kier molecular flexibility index (Phi) is 11.9. The summed E-state index contributed by atoms with van der Waals surface area (Å²) in [6.07, 6.45) is 3.95. The molecule has 1 fully saturated rings. The largest absolute Gasteiger partial charge is 0.507 e. The summed E-state index contributed by atoms with van der Waals surface area (Å²) in [5.74, 6) is 0.136. The molecule has 0 aliphatic carbocycles. The fourth-order valence-corrected chi connectivity index (χ4v) is 4.86. The highest BCUT2D eigenvalue weighted by Crippen LogP contribution is 2.42. The van der Waals surface area contributed by atoms with Gasteiger partial charge in [0, 0.05) is 18.7 Å². The normalized spacial score (nSPS) is 16.6. The third-order valence-corrected chi connectivity index (χ3v) is 7.18. The number of likely N-dealkylation sites (N-methyl/N-ethyl adjacent to an activating group) is 1. The molecule has 1 amide bonds. The minimum atomic E-state index is -0.779. The lowest BCUT2D eigenvalue weighted by atomic mass is 9.95. The smallest absolute Gasteiger partial charge is 0.295 e. The number of benzene rings is 2. The van der Waals surface area contributed by atoms with Gasteiger partial charge in [-0.2, -0.15) is 0 Å². The van der Waals surface area contributed by atoms with Crippen molar-refractivity contribution in [3.63, 3.8) is 0 Å². The van der Waals surface area contributed by atoms with Gasteiger partial charge in [-0.05, 0) is 55.8 Å². The van der Waals surface area contributed by atoms with Crippen molar-refractivity contribution in [2.24, 2.45) is 0 Å². The van der Waals surface area contributed by atoms with Gasteiger partial charge in [0.25, 0.3) is 11.7 Å². The summed E-state index contributed by atoms with van der Waals surface area (Å²) in [5, 5.41) is 11.5. The number of amides is 1. The van der Waals surface area contributed by atoms with Gasteiger partial charge in [0.1, 0.15) is 11.5 Å². The highest BCUT2D eigenvalue weighted by Gasteiger charge is 2.46. The summed E-state index contributed by atoms with van der Waals surface area (Å²) < 4.78 is 17.3. The van der Waals surface area contributed by atoms with Crippen molar-refractivity contribution in [1.82, 2.24) is 9.80 Å². The average Bonchev–Trinajstić information content (AvgIpc) is 3.23. The average molecular weight is 553 g/mol. The number of unbranched alkanes of at least 4 members (excludes halogenated alkanes) is 2. The van der Waals surface area contributed by atoms with Gasteiger partial charge in [-0.3, -0.25) is 9.59 Å². The Bertz CT molecular complexity index is 1170. The molecule has 0 aromatic heterocycles. The van der Waals surface area contributed by atoms with Gasteiger partial charge in [0.2, 0.25) is 0 Å². The highest BCUT2D eigenvalue weighted by atomic mass is 16.5. The number of hydrogen-bond donors (Lipinski definition) is 1. The number of methoxy groups -OCH3 is 1. The Labute approximate surface area is 238 Å². The van der Waals surface area contributed by atoms with Crippen LogP contribution in [-0.2, 0) is 9.59 Å². The van der Waals surface area contributed by atoms with E-state index in [9.17, 15) is 14.7 Å². The zero-order valence-corrected chi connectivity index (χ0v) is 24.6. The van der Waals surface area contributed by atoms with Crippen molar-refractivity contribution < 1.29 is 28.9 Å². The number of carbonyl (C=O) groups excluding carboxylic acids is 2. The molecular weight excluding hydrogens is 508 g/mol. The van der Waals surface area contributed by atoms with Gasteiger partial charge in [0.15, 0.2) is 11.5 Å². The second kappa shape index (κ2) is 15.3. The van der Waals surface area contributed by atoms with Crippen LogP contribution in [0, 0.1) is 0 Å². The van der Waals surface area contributed by atoms with Crippen molar-refractivity contribution in [2.75, 3.05) is 46.5 Å². The molecule has 8 heteroatoms. The number of ketones is 1. The fraction of sp³-hybridized carbons (Fsp3) is 0.500. The SMILES string of the molecule is CCCCCOc1ccc(C2/C(=C(\O)c3cccc(OCCC)c3)C(=O)C(=O)N2CCN(CC)CC)cc1OC. The molecule has 1 heterocycles. The first-order valence-corrected chi connectivity index (χ1v) is 14.4. The molecule has 0 radical (unpaired) electrons. The topological polar surface area (TPSA) is 88.5 Å². The summed E-state index contributed by atoms with van der Waals surface area (Å²) in [6.45, 7) is 12.0. The van der Waals surface area contributed by atoms with Crippen LogP contribution >= 0.6 is 0 Å². The van der Waals surface area contributed by atoms with E-state index >= 15 is 0 Å². The summed E-state index contributed by atoms with van der Waals surface area (Å²) in [7, 11) is 1.57. The van der Waals surface area contributed by atoms with Crippen molar-refractivity contribution in [3.05, 3.63) is 59.2 Å². The van der Waals surface area contributed by atoms with Crippen molar-refractivity contribution in [3.8, 4) is 17.2 Å². The molecule has 2 aromatic carbocycles. The predicted octanol–water partition coefficient (Wildman–Crippen LogP) is 5.82. The molecule has 2 aromatic rings. The maximum atomic E-state index is 13.5. The van der Waals surface area contributed by atoms with E-state index in [1.165, 1.54) is 0 Å². The first-order chi connectivity index (χ1) is 19.4. The van der Waals surface area contributed by atoms with Crippen LogP contribution in [0.25, 0.3) is 5.76 Å². The minimum Gasteiger partial charge on any atom is -0.507 e. The molecule has 0 spiro atoms. The number of rotatable bonds is 16. The van der Waals surface area contributed by atoms with E-state index in [-0.39, 0.29) is 11.3 Å². The third-order valence-electron chi connectivity index (χ3n) is 7.18. The van der Waals surface area contributed by atoms with Crippen molar-refractivity contribution in [2.45, 2.75) is 59.4 Å². The van der Waals surface area contributed by atoms with Gasteiger partial charge < -0.3 is 29.1 Å². The van der Waals surface area contributed by atoms with Gasteiger partial charge in [-0.25, -0.2) is 0 Å². The van der Waals surface area contributed by atoms with E-state index in [0.29, 0.717) is 54.7 Å². The monoisotopic (exact) mass is 552 g/mol. The number of aliphatic hydroxyl groups is 1. The molecule has 1 N–H and O–H groups in total. The molecule has 218 valence electrons. The van der Waals surface area contributed by atoms with Crippen molar-refractivity contribution in [1.29, 1.82) is 0 Å². The number of aliphatic hydroxyl groups excluding tert-OH is 1. The Morgan fingerprint density at radius 2 is 1.70 bits per heavy atom. The van der Waals surface area contributed by atoms with E-state index in [1.54, 1.807) is 42.3 Å². The van der Waals surface area contributed by atoms with Crippen LogP contribution in [0.5, 0.6) is 17.2 Å². The predicted molar refractivity (Wildman–Crippen MR) is 157 cm³/mol. The molecule has 0 saturated carbocycles. The van der Waals surface area contributed by atoms with E-state index in [2.05, 4.69) is 25.7 Å². The third kappa shape index (κ3) is 7.36. The molecule has 40 heavy (non-hydrogen) atoms. The maximum Gasteiger partial charge on any atom is 0.295 e. The molecule has 1 unspecified atom stereocenters. The lowest BCUT2D eigenvalue weighted by Gasteiger charge is -2.28. The second-order valence-corrected chi connectivity index (χ2v) is 9.86. The Morgan fingerprint density at radius 1 is 0.925 bits per heavy atom. The molecule has 1 atom stereocenters. The summed E-state index contributed by atoms with van der Waals surface area (Å²) in [4.78, 5) is 30.6. The lowest BCUT2D eigenvalue weighted by Crippen LogP contribution is -2.38. The number of carbonyl (C=O) groups is 2. The molecule has 0 bridgehead atoms. The van der Waals surface area contributed by atoms with Gasteiger partial charge in [0.05, 0.1) is 31.9 Å². The number of ether oxygens (including phenoxy) is 3. The van der Waals surface area contributed by atoms with Crippen LogP contribution in [0.2, 0.25) is 0 Å². The van der Waals surface area contributed by atoms with Crippen LogP contribution in [0.3, 0.4) is 0 Å². The molecule has 1 aliphatic rings. The van der Waals surface area contributed by atoms with Gasteiger partial charge in [-0.15, -0.1) is 0 Å². The van der Waals surface area contributed by atoms with E-state index in [1.807, 2.05) is 19.1 Å². The zero-order valence-electron chi connectivity index (χ0n) is 24.6. The molecule has 1 saturated heterocycles. The molecule has 1 aliphatic heterocycles. The van der Waals surface area contributed by atoms with Crippen LogP contribution in [-0.4, -0.2) is 73.1 Å². The standard InChI is InChI=1S/C32H44N2O6/c1-6-10-11-20-40-26-16-15-23(22-27(26)38-5)29-28(30(35)24-13-12-14-25(21-24)39-19-7-2)31(36)32(37)34(29)18-17-33(8-3)9-4/h12-16,21-22,29,35H,6-11,17-20H2,1-5H3/b30-28+. The van der Waals surface area contributed by atoms with Gasteiger partial charge in [-0.1, -0.05) is 58.7 Å². The zero-order chi connectivity index (χ0) is 29.1. The molecule has 3 rings (SSSR count). The van der Waals surface area contributed by atoms with Crippen LogP contribution in [0.15, 0.2) is 48.0 Å². The Morgan fingerprint density at radius 3 is 2.38 bits per heavy atom. The first-order valence-electron chi connectivity index (χ1n) is 14.4. The quantitative estimate of drug-likeness (QED) is 0.122. The number of likely N-dealkylation sites (tertiary alicyclic amines) is 1. The fourth-order valence-electron chi connectivity index (χ4n) is 4.86. The summed E-state index contributed by atoms with van der Waals surface area (Å²) >= 11 is 0. The summed E-state index contributed by atoms with van der Waals surface area (Å²) in [6, 6.07) is 11.6. The molecular formula is C32H44N2O6. The first kappa shape index (κ1) is 31.0. The van der Waals surface area contributed by atoms with Crippen LogP contribution in [0.1, 0.15) is 70.5 Å². The minimum absolute atomic E-state index is 0.0517. The Balaban J connectivity index is 2.07. The van der Waals surface area contributed by atoms with E-state index < -0.39 is 17.7 Å². The van der Waals surface area contributed by atoms with Crippen molar-refractivity contribution >= 4 is 17.4 Å². The Hall–Kier alpha value is -3.52. The van der Waals surface area contributed by atoms with Crippen LogP contribution in [0.4, 0.5) is 0 Å². The second-order valence-electron chi connectivity index (χ2n) is 9.86.